The molecule has 0 aromatic carbocycles. The van der Waals surface area contributed by atoms with Crippen LogP contribution >= 0.6 is 0 Å². The van der Waals surface area contributed by atoms with Crippen molar-refractivity contribution < 1.29 is 29.0 Å². The molecule has 0 aromatic rings. The van der Waals surface area contributed by atoms with Crippen molar-refractivity contribution in [3.63, 3.8) is 0 Å². The van der Waals surface area contributed by atoms with Crippen LogP contribution in [0.2, 0.25) is 0 Å². The summed E-state index contributed by atoms with van der Waals surface area (Å²) in [5.74, 6) is -1.75. The number of ether oxygens (including phenoxy) is 2. The minimum atomic E-state index is -1.50. The number of aliphatic hydroxyl groups is 1. The Morgan fingerprint density at radius 3 is 2.79 bits per heavy atom. The highest BCUT2D eigenvalue weighted by molar-refractivity contribution is 6.25. The summed E-state index contributed by atoms with van der Waals surface area (Å²) in [6.45, 7) is 1.63. The number of nitrogens with one attached hydrogen (secondary N) is 1. The van der Waals surface area contributed by atoms with E-state index < -0.39 is 23.5 Å². The van der Waals surface area contributed by atoms with Crippen LogP contribution in [0.5, 0.6) is 0 Å². The summed E-state index contributed by atoms with van der Waals surface area (Å²) in [4.78, 5) is 38.1. The molecule has 1 amide bonds. The first-order valence-electron chi connectivity index (χ1n) is 7.59. The Morgan fingerprint density at radius 1 is 1.46 bits per heavy atom. The number of fused-ring (bicyclic) bond motifs is 4. The van der Waals surface area contributed by atoms with Gasteiger partial charge in [-0.3, -0.25) is 9.59 Å². The second-order valence-corrected chi connectivity index (χ2v) is 6.41. The number of nitrogens with two attached hydrogens (primary N) is 1. The minimum Gasteiger partial charge on any atom is -0.492 e. The molecule has 0 saturated carbocycles. The van der Waals surface area contributed by atoms with Crippen LogP contribution < -0.4 is 11.1 Å². The summed E-state index contributed by atoms with van der Waals surface area (Å²) in [6.07, 6.45) is -1.01. The number of rotatable bonds is 3. The van der Waals surface area contributed by atoms with Gasteiger partial charge in [0.05, 0.1) is 24.8 Å². The van der Waals surface area contributed by atoms with Gasteiger partial charge in [0.2, 0.25) is 11.6 Å². The van der Waals surface area contributed by atoms with E-state index in [4.69, 9.17) is 15.2 Å². The summed E-state index contributed by atoms with van der Waals surface area (Å²) >= 11 is 0. The maximum absolute atomic E-state index is 12.8. The number of allylic oxidation sites excluding steroid dienone is 2. The molecule has 3 aliphatic heterocycles. The van der Waals surface area contributed by atoms with Crippen molar-refractivity contribution in [2.75, 3.05) is 20.3 Å². The van der Waals surface area contributed by atoms with Crippen LogP contribution in [-0.4, -0.2) is 65.7 Å². The lowest BCUT2D eigenvalue weighted by molar-refractivity contribution is -0.122. The molecule has 4 atom stereocenters. The zero-order chi connectivity index (χ0) is 17.4. The van der Waals surface area contributed by atoms with Gasteiger partial charge < -0.3 is 30.5 Å². The standard InChI is InChI=1S/C15H17N3O6/c1-5-10(19)9-8(11(20)12(5)23-2)6(4-24-14(16)21)15(22)13-7(17-13)3-18(9)15/h6-7,13,17,22H,3-4H2,1-2H3,(H2,16,21)/t6-,7-,13-,15+/m0/s1. The van der Waals surface area contributed by atoms with Crippen LogP contribution in [0.15, 0.2) is 22.6 Å². The highest BCUT2D eigenvalue weighted by Crippen LogP contribution is 2.54. The van der Waals surface area contributed by atoms with Gasteiger partial charge in [0.15, 0.2) is 11.5 Å². The molecule has 3 heterocycles. The predicted octanol–water partition coefficient (Wildman–Crippen LogP) is -1.62. The zero-order valence-electron chi connectivity index (χ0n) is 13.2. The number of hydrogen-bond acceptors (Lipinski definition) is 8. The lowest BCUT2D eigenvalue weighted by atomic mass is 9.83. The van der Waals surface area contributed by atoms with Crippen LogP contribution in [-0.2, 0) is 19.1 Å². The van der Waals surface area contributed by atoms with Gasteiger partial charge in [0.1, 0.15) is 6.61 Å². The number of hydrogen-bond donors (Lipinski definition) is 3. The van der Waals surface area contributed by atoms with Gasteiger partial charge in [0.25, 0.3) is 0 Å². The van der Waals surface area contributed by atoms with Crippen LogP contribution in [0, 0.1) is 5.92 Å². The lowest BCUT2D eigenvalue weighted by Gasteiger charge is -2.36. The van der Waals surface area contributed by atoms with Crippen LogP contribution in [0.4, 0.5) is 4.79 Å². The third-order valence-electron chi connectivity index (χ3n) is 5.29. The fourth-order valence-electron chi connectivity index (χ4n) is 4.16. The van der Waals surface area contributed by atoms with Crippen LogP contribution in [0.25, 0.3) is 0 Å². The third-order valence-corrected chi connectivity index (χ3v) is 5.29. The largest absolute Gasteiger partial charge is 0.492 e. The van der Waals surface area contributed by atoms with E-state index in [1.807, 2.05) is 0 Å². The van der Waals surface area contributed by atoms with E-state index in [1.54, 1.807) is 4.90 Å². The zero-order valence-corrected chi connectivity index (χ0v) is 13.2. The van der Waals surface area contributed by atoms with E-state index in [0.717, 1.165) is 0 Å². The topological polar surface area (TPSA) is 141 Å². The molecule has 4 aliphatic rings. The molecule has 1 aliphatic carbocycles. The van der Waals surface area contributed by atoms with Gasteiger partial charge in [-0.05, 0) is 6.92 Å². The van der Waals surface area contributed by atoms with Crippen molar-refractivity contribution in [3.05, 3.63) is 22.6 Å². The molecule has 0 spiro atoms. The van der Waals surface area contributed by atoms with E-state index in [1.165, 1.54) is 14.0 Å². The molecular weight excluding hydrogens is 318 g/mol. The number of piperazine rings is 1. The number of ketones is 2. The van der Waals surface area contributed by atoms with Crippen molar-refractivity contribution in [1.29, 1.82) is 0 Å². The summed E-state index contributed by atoms with van der Waals surface area (Å²) in [6, 6.07) is -0.257. The number of carbonyl (C=O) groups is 3. The Balaban J connectivity index is 1.82. The van der Waals surface area contributed by atoms with Gasteiger partial charge in [-0.2, -0.15) is 0 Å². The monoisotopic (exact) mass is 335 g/mol. The van der Waals surface area contributed by atoms with E-state index >= 15 is 0 Å². The molecule has 0 radical (unpaired) electrons. The maximum Gasteiger partial charge on any atom is 0.404 e. The van der Waals surface area contributed by atoms with Crippen LogP contribution in [0.3, 0.4) is 0 Å². The highest BCUT2D eigenvalue weighted by Gasteiger charge is 2.71. The molecule has 0 unspecified atom stereocenters. The van der Waals surface area contributed by atoms with E-state index in [2.05, 4.69) is 5.32 Å². The minimum absolute atomic E-state index is 0.0381. The van der Waals surface area contributed by atoms with Gasteiger partial charge in [-0.1, -0.05) is 0 Å². The molecule has 2 saturated heterocycles. The molecule has 9 nitrogen and oxygen atoms in total. The first-order valence-corrected chi connectivity index (χ1v) is 7.59. The summed E-state index contributed by atoms with van der Waals surface area (Å²) in [5.41, 5.74) is 4.03. The Labute approximate surface area is 137 Å². The van der Waals surface area contributed by atoms with Crippen molar-refractivity contribution >= 4 is 17.7 Å². The van der Waals surface area contributed by atoms with E-state index in [0.29, 0.717) is 6.54 Å². The lowest BCUT2D eigenvalue weighted by Crippen LogP contribution is -2.53. The first kappa shape index (κ1) is 15.2. The van der Waals surface area contributed by atoms with Crippen molar-refractivity contribution in [2.45, 2.75) is 24.7 Å². The second-order valence-electron chi connectivity index (χ2n) is 6.41. The molecule has 4 N–H and O–H groups in total. The van der Waals surface area contributed by atoms with Crippen molar-refractivity contribution in [1.82, 2.24) is 10.2 Å². The van der Waals surface area contributed by atoms with E-state index in [9.17, 15) is 19.5 Å². The number of nitrogens with zero attached hydrogens (tertiary/aromatic N) is 1. The normalized spacial score (nSPS) is 36.6. The summed E-state index contributed by atoms with van der Waals surface area (Å²) < 4.78 is 9.95. The molecular formula is C15H17N3O6. The molecule has 0 bridgehead atoms. The van der Waals surface area contributed by atoms with Crippen LogP contribution in [0.1, 0.15) is 6.92 Å². The van der Waals surface area contributed by atoms with Crippen molar-refractivity contribution in [3.8, 4) is 0 Å². The number of Topliss-reactive ketones (excluding diaryl/α,β-unsaturated/α-hetero) is 2. The van der Waals surface area contributed by atoms with E-state index in [-0.39, 0.29) is 47.1 Å². The fraction of sp³-hybridized carbons (Fsp3) is 0.533. The first-order chi connectivity index (χ1) is 11.3. The smallest absolute Gasteiger partial charge is 0.404 e. The highest BCUT2D eigenvalue weighted by atomic mass is 16.5. The SMILES string of the molecule is COC1=C(C)C(=O)C2=C(C1=O)[C@H](COC(N)=O)[C@@]1(O)[C@H]3N[C@H]3CN21. The Kier molecular flexibility index (Phi) is 2.89. The average Bonchev–Trinajstić information content (AvgIpc) is 3.17. The molecule has 128 valence electrons. The predicted molar refractivity (Wildman–Crippen MR) is 78.1 cm³/mol. The molecule has 9 heteroatoms. The maximum atomic E-state index is 12.8. The molecule has 0 aromatic heterocycles. The quantitative estimate of drug-likeness (QED) is 0.413. The van der Waals surface area contributed by atoms with Gasteiger partial charge in [-0.15, -0.1) is 0 Å². The molecule has 24 heavy (non-hydrogen) atoms. The van der Waals surface area contributed by atoms with Gasteiger partial charge in [0, 0.05) is 23.7 Å². The third kappa shape index (κ3) is 1.63. The molecule has 2 fully saturated rings. The molecule has 4 rings (SSSR count). The summed E-state index contributed by atoms with van der Waals surface area (Å²) in [7, 11) is 1.31. The Bertz CT molecular complexity index is 756. The Morgan fingerprint density at radius 2 is 2.17 bits per heavy atom. The van der Waals surface area contributed by atoms with Gasteiger partial charge in [-0.25, -0.2) is 4.79 Å². The second kappa shape index (κ2) is 4.58. The van der Waals surface area contributed by atoms with Gasteiger partial charge >= 0.3 is 6.09 Å². The summed E-state index contributed by atoms with van der Waals surface area (Å²) in [5, 5.41) is 14.4. The number of methoxy groups -OCH3 is 1. The van der Waals surface area contributed by atoms with Crippen molar-refractivity contribution in [2.24, 2.45) is 11.7 Å². The Hall–Kier alpha value is -2.39. The average molecular weight is 335 g/mol. The fourth-order valence-corrected chi connectivity index (χ4v) is 4.16. The number of amides is 1. The number of carbonyl (C=O) groups excluding carboxylic acids is 3. The number of primary amides is 1.